The Bertz CT molecular complexity index is 592. The number of nitrogens with one attached hydrogen (secondary N) is 1. The lowest BCUT2D eigenvalue weighted by Crippen LogP contribution is -2.41. The molecule has 0 spiro atoms. The van der Waals surface area contributed by atoms with Gasteiger partial charge >= 0.3 is 0 Å². The first kappa shape index (κ1) is 16.0. The first-order valence-electron chi connectivity index (χ1n) is 6.96. The van der Waals surface area contributed by atoms with E-state index in [1.807, 2.05) is 20.8 Å². The summed E-state index contributed by atoms with van der Waals surface area (Å²) in [5.41, 5.74) is 0.483. The number of aliphatic hydroxyl groups is 1. The Morgan fingerprint density at radius 1 is 1.57 bits per heavy atom. The van der Waals surface area contributed by atoms with Crippen molar-refractivity contribution in [3.05, 3.63) is 22.1 Å². The van der Waals surface area contributed by atoms with Crippen molar-refractivity contribution in [3.63, 3.8) is 0 Å². The van der Waals surface area contributed by atoms with Crippen LogP contribution in [0.3, 0.4) is 0 Å². The van der Waals surface area contributed by atoms with Gasteiger partial charge in [-0.3, -0.25) is 14.2 Å². The fourth-order valence-corrected chi connectivity index (χ4v) is 3.17. The topological polar surface area (TPSA) is 84.2 Å². The standard InChI is InChI=1S/C14H21N3O3S/c1-14(2,3)10-6-11(19)17-7-9(8-21-13(17)16-10)12(20)15-4-5-18/h6,9,18H,4-5,7-8H2,1-3H3,(H,15,20). The molecule has 1 aromatic heterocycles. The SMILES string of the molecule is CC(C)(C)c1cc(=O)n2c(n1)SCC(C(=O)NCCO)C2. The zero-order valence-corrected chi connectivity index (χ0v) is 13.4. The Morgan fingerprint density at radius 2 is 2.29 bits per heavy atom. The number of hydrogen-bond donors (Lipinski definition) is 2. The van der Waals surface area contributed by atoms with Crippen LogP contribution in [-0.2, 0) is 16.8 Å². The molecule has 1 unspecified atom stereocenters. The molecule has 7 heteroatoms. The maximum absolute atomic E-state index is 12.3. The van der Waals surface area contributed by atoms with Crippen molar-refractivity contribution < 1.29 is 9.90 Å². The molecule has 0 bridgehead atoms. The highest BCUT2D eigenvalue weighted by atomic mass is 32.2. The van der Waals surface area contributed by atoms with E-state index in [0.717, 1.165) is 5.69 Å². The minimum absolute atomic E-state index is 0.0847. The van der Waals surface area contributed by atoms with Crippen molar-refractivity contribution in [2.24, 2.45) is 5.92 Å². The fraction of sp³-hybridized carbons (Fsp3) is 0.643. The second kappa shape index (κ2) is 6.19. The lowest BCUT2D eigenvalue weighted by molar-refractivity contribution is -0.125. The summed E-state index contributed by atoms with van der Waals surface area (Å²) in [5.74, 6) is 0.195. The highest BCUT2D eigenvalue weighted by molar-refractivity contribution is 7.99. The molecule has 1 amide bonds. The van der Waals surface area contributed by atoms with Crippen LogP contribution in [0.4, 0.5) is 0 Å². The van der Waals surface area contributed by atoms with Crippen LogP contribution in [0.5, 0.6) is 0 Å². The summed E-state index contributed by atoms with van der Waals surface area (Å²) >= 11 is 1.43. The third-order valence-corrected chi connectivity index (χ3v) is 4.48. The van der Waals surface area contributed by atoms with Gasteiger partial charge in [-0.05, 0) is 0 Å². The number of amides is 1. The number of aliphatic hydroxyl groups excluding tert-OH is 1. The van der Waals surface area contributed by atoms with Gasteiger partial charge in [0.15, 0.2) is 5.16 Å². The largest absolute Gasteiger partial charge is 0.395 e. The Hall–Kier alpha value is -1.34. The van der Waals surface area contributed by atoms with E-state index >= 15 is 0 Å². The van der Waals surface area contributed by atoms with Crippen LogP contribution in [0.25, 0.3) is 0 Å². The Balaban J connectivity index is 2.22. The van der Waals surface area contributed by atoms with E-state index in [1.165, 1.54) is 11.8 Å². The van der Waals surface area contributed by atoms with E-state index in [4.69, 9.17) is 5.11 Å². The summed E-state index contributed by atoms with van der Waals surface area (Å²) in [6.07, 6.45) is 0. The average Bonchev–Trinajstić information content (AvgIpc) is 2.43. The predicted octanol–water partition coefficient (Wildman–Crippen LogP) is 0.371. The molecular formula is C14H21N3O3S. The lowest BCUT2D eigenvalue weighted by Gasteiger charge is -2.26. The molecule has 116 valence electrons. The van der Waals surface area contributed by atoms with Crippen LogP contribution < -0.4 is 10.9 Å². The van der Waals surface area contributed by atoms with Gasteiger partial charge < -0.3 is 10.4 Å². The summed E-state index contributed by atoms with van der Waals surface area (Å²) in [4.78, 5) is 28.7. The molecule has 0 radical (unpaired) electrons. The van der Waals surface area contributed by atoms with Gasteiger partial charge in [0.1, 0.15) is 0 Å². The van der Waals surface area contributed by atoms with E-state index in [0.29, 0.717) is 17.5 Å². The van der Waals surface area contributed by atoms with Crippen LogP contribution in [0.15, 0.2) is 16.0 Å². The van der Waals surface area contributed by atoms with Crippen LogP contribution >= 0.6 is 11.8 Å². The number of rotatable bonds is 3. The van der Waals surface area contributed by atoms with E-state index in [1.54, 1.807) is 10.6 Å². The molecule has 0 aromatic carbocycles. The molecule has 1 aromatic rings. The zero-order valence-electron chi connectivity index (χ0n) is 12.5. The van der Waals surface area contributed by atoms with Crippen LogP contribution in [0.1, 0.15) is 26.5 Å². The number of carbonyl (C=O) groups is 1. The van der Waals surface area contributed by atoms with Gasteiger partial charge in [-0.15, -0.1) is 0 Å². The van der Waals surface area contributed by atoms with E-state index < -0.39 is 0 Å². The fourth-order valence-electron chi connectivity index (χ4n) is 2.08. The van der Waals surface area contributed by atoms with Crippen LogP contribution in [-0.4, -0.2) is 39.5 Å². The molecule has 0 saturated carbocycles. The van der Waals surface area contributed by atoms with Gasteiger partial charge in [0.05, 0.1) is 18.2 Å². The lowest BCUT2D eigenvalue weighted by atomic mass is 9.92. The highest BCUT2D eigenvalue weighted by Gasteiger charge is 2.28. The molecule has 2 N–H and O–H groups in total. The monoisotopic (exact) mass is 311 g/mol. The van der Waals surface area contributed by atoms with Crippen molar-refractivity contribution in [1.29, 1.82) is 0 Å². The molecule has 2 heterocycles. The van der Waals surface area contributed by atoms with Crippen LogP contribution in [0, 0.1) is 5.92 Å². The van der Waals surface area contributed by atoms with Gasteiger partial charge in [0.2, 0.25) is 5.91 Å². The summed E-state index contributed by atoms with van der Waals surface area (Å²) in [6, 6.07) is 1.55. The van der Waals surface area contributed by atoms with Gasteiger partial charge in [0.25, 0.3) is 5.56 Å². The number of thioether (sulfide) groups is 1. The van der Waals surface area contributed by atoms with Crippen molar-refractivity contribution in [1.82, 2.24) is 14.9 Å². The van der Waals surface area contributed by atoms with Crippen molar-refractivity contribution >= 4 is 17.7 Å². The maximum atomic E-state index is 12.3. The second-order valence-corrected chi connectivity index (χ2v) is 7.13. The Labute approximate surface area is 128 Å². The summed E-state index contributed by atoms with van der Waals surface area (Å²) < 4.78 is 1.56. The van der Waals surface area contributed by atoms with Gasteiger partial charge in [-0.25, -0.2) is 4.98 Å². The normalized spacial score (nSPS) is 18.2. The molecule has 0 fully saturated rings. The molecule has 1 aliphatic rings. The predicted molar refractivity (Wildman–Crippen MR) is 81.5 cm³/mol. The van der Waals surface area contributed by atoms with E-state index in [-0.39, 0.29) is 36.0 Å². The smallest absolute Gasteiger partial charge is 0.254 e. The van der Waals surface area contributed by atoms with Gasteiger partial charge in [-0.2, -0.15) is 0 Å². The molecule has 0 saturated heterocycles. The van der Waals surface area contributed by atoms with Crippen molar-refractivity contribution in [2.75, 3.05) is 18.9 Å². The number of aromatic nitrogens is 2. The molecule has 1 atom stereocenters. The Morgan fingerprint density at radius 3 is 2.90 bits per heavy atom. The highest BCUT2D eigenvalue weighted by Crippen LogP contribution is 2.27. The third kappa shape index (κ3) is 3.65. The molecule has 1 aliphatic heterocycles. The molecule has 0 aliphatic carbocycles. The molecular weight excluding hydrogens is 290 g/mol. The quantitative estimate of drug-likeness (QED) is 0.788. The number of hydrogen-bond acceptors (Lipinski definition) is 5. The Kier molecular flexibility index (Phi) is 4.73. The average molecular weight is 311 g/mol. The third-order valence-electron chi connectivity index (χ3n) is 3.34. The molecule has 6 nitrogen and oxygen atoms in total. The first-order valence-corrected chi connectivity index (χ1v) is 7.95. The summed E-state index contributed by atoms with van der Waals surface area (Å²) in [7, 11) is 0. The number of carbonyl (C=O) groups excluding carboxylic acids is 1. The minimum atomic E-state index is -0.269. The summed E-state index contributed by atoms with van der Waals surface area (Å²) in [6.45, 7) is 6.55. The summed E-state index contributed by atoms with van der Waals surface area (Å²) in [5, 5.41) is 12.1. The minimum Gasteiger partial charge on any atom is -0.395 e. The van der Waals surface area contributed by atoms with Crippen LogP contribution in [0.2, 0.25) is 0 Å². The molecule has 21 heavy (non-hydrogen) atoms. The first-order chi connectivity index (χ1) is 9.82. The number of fused-ring (bicyclic) bond motifs is 1. The second-order valence-electron chi connectivity index (χ2n) is 6.15. The number of nitrogens with zero attached hydrogens (tertiary/aromatic N) is 2. The maximum Gasteiger partial charge on any atom is 0.254 e. The van der Waals surface area contributed by atoms with E-state index in [2.05, 4.69) is 10.3 Å². The van der Waals surface area contributed by atoms with Gasteiger partial charge in [0, 0.05) is 30.3 Å². The van der Waals surface area contributed by atoms with Gasteiger partial charge in [-0.1, -0.05) is 32.5 Å². The zero-order chi connectivity index (χ0) is 15.6. The van der Waals surface area contributed by atoms with Crippen molar-refractivity contribution in [2.45, 2.75) is 37.9 Å². The molecule has 2 rings (SSSR count). The van der Waals surface area contributed by atoms with Crippen molar-refractivity contribution in [3.8, 4) is 0 Å². The van der Waals surface area contributed by atoms with E-state index in [9.17, 15) is 9.59 Å².